The van der Waals surface area contributed by atoms with Gasteiger partial charge in [-0.2, -0.15) is 0 Å². The minimum Gasteiger partial charge on any atom is -0.444 e. The molecule has 0 radical (unpaired) electrons. The van der Waals surface area contributed by atoms with Crippen LogP contribution in [0.1, 0.15) is 32.9 Å². The Kier molecular flexibility index (Phi) is 6.70. The Morgan fingerprint density at radius 1 is 1.03 bits per heavy atom. The summed E-state index contributed by atoms with van der Waals surface area (Å²) in [5.74, 6) is 0.830. The first-order valence-electron chi connectivity index (χ1n) is 10.7. The number of aromatic nitrogens is 1. The lowest BCUT2D eigenvalue weighted by molar-refractivity contribution is 0.0263. The van der Waals surface area contributed by atoms with Gasteiger partial charge in [0.2, 0.25) is 0 Å². The maximum absolute atomic E-state index is 12.5. The second-order valence-corrected chi connectivity index (χ2v) is 9.08. The molecule has 0 bridgehead atoms. The van der Waals surface area contributed by atoms with Crippen molar-refractivity contribution in [3.63, 3.8) is 0 Å². The number of hydrogen-bond donors (Lipinski definition) is 2. The fourth-order valence-corrected chi connectivity index (χ4v) is 3.70. The number of anilines is 2. The zero-order chi connectivity index (χ0) is 21.9. The van der Waals surface area contributed by atoms with E-state index in [0.29, 0.717) is 25.3 Å². The molecule has 0 unspecified atom stereocenters. The van der Waals surface area contributed by atoms with E-state index >= 15 is 0 Å². The number of nitrogens with two attached hydrogens (primary N) is 1. The molecule has 30 heavy (non-hydrogen) atoms. The van der Waals surface area contributed by atoms with Crippen LogP contribution in [0.5, 0.6) is 0 Å². The average molecular weight is 418 g/mol. The first kappa shape index (κ1) is 22.1. The molecule has 9 nitrogen and oxygen atoms in total. The second-order valence-electron chi connectivity index (χ2n) is 9.08. The Balaban J connectivity index is 1.76. The van der Waals surface area contributed by atoms with Crippen molar-refractivity contribution in [2.24, 2.45) is 5.73 Å². The number of amidine groups is 1. The molecule has 2 fully saturated rings. The summed E-state index contributed by atoms with van der Waals surface area (Å²) in [6.07, 6.45) is 0.586. The first-order chi connectivity index (χ1) is 14.1. The molecule has 3 rings (SSSR count). The standard InChI is InChI=1S/C21H35N7O2/c1-21(2,3)30-20(29)28-7-5-6-26(12-13-28)16-14-17(19(22)23)24-18(15-16)27-10-8-25(4)9-11-27/h14-15H,5-13H2,1-4H3,(H3,22,23). The van der Waals surface area contributed by atoms with Gasteiger partial charge in [0.05, 0.1) is 0 Å². The van der Waals surface area contributed by atoms with Crippen LogP contribution in [-0.2, 0) is 4.74 Å². The van der Waals surface area contributed by atoms with Gasteiger partial charge < -0.3 is 30.1 Å². The van der Waals surface area contributed by atoms with Crippen LogP contribution in [0.3, 0.4) is 0 Å². The van der Waals surface area contributed by atoms with Crippen molar-refractivity contribution in [2.45, 2.75) is 32.8 Å². The van der Waals surface area contributed by atoms with Gasteiger partial charge in [-0.05, 0) is 40.3 Å². The Bertz CT molecular complexity index is 769. The van der Waals surface area contributed by atoms with Gasteiger partial charge >= 0.3 is 6.09 Å². The second kappa shape index (κ2) is 9.07. The first-order valence-corrected chi connectivity index (χ1v) is 10.7. The van der Waals surface area contributed by atoms with E-state index in [4.69, 9.17) is 15.9 Å². The lowest BCUT2D eigenvalue weighted by Gasteiger charge is -2.34. The zero-order valence-corrected chi connectivity index (χ0v) is 18.6. The average Bonchev–Trinajstić information content (AvgIpc) is 2.93. The van der Waals surface area contributed by atoms with E-state index < -0.39 is 5.60 Å². The topological polar surface area (TPSA) is 102 Å². The number of rotatable bonds is 3. The maximum atomic E-state index is 12.5. The molecule has 9 heteroatoms. The number of piperazine rings is 1. The van der Waals surface area contributed by atoms with Gasteiger partial charge in [-0.3, -0.25) is 5.41 Å². The molecule has 0 aromatic carbocycles. The van der Waals surface area contributed by atoms with Gasteiger partial charge in [0.15, 0.2) is 0 Å². The van der Waals surface area contributed by atoms with Gasteiger partial charge in [0, 0.05) is 64.1 Å². The summed E-state index contributed by atoms with van der Waals surface area (Å²) < 4.78 is 5.53. The fourth-order valence-electron chi connectivity index (χ4n) is 3.70. The van der Waals surface area contributed by atoms with E-state index in [9.17, 15) is 4.79 Å². The van der Waals surface area contributed by atoms with Crippen LogP contribution in [0.4, 0.5) is 16.3 Å². The molecular formula is C21H35N7O2. The SMILES string of the molecule is CN1CCN(c2cc(N3CCCN(C(=O)OC(C)(C)C)CC3)cc(C(=N)N)n2)CC1. The number of pyridine rings is 1. The van der Waals surface area contributed by atoms with E-state index in [1.165, 1.54) is 0 Å². The molecule has 3 heterocycles. The number of carbonyl (C=O) groups is 1. The third-order valence-corrected chi connectivity index (χ3v) is 5.41. The number of likely N-dealkylation sites (N-methyl/N-ethyl adjacent to an activating group) is 1. The number of carbonyl (C=O) groups excluding carboxylic acids is 1. The molecule has 2 aliphatic heterocycles. The largest absolute Gasteiger partial charge is 0.444 e. The summed E-state index contributed by atoms with van der Waals surface area (Å²) in [7, 11) is 2.12. The van der Waals surface area contributed by atoms with Crippen molar-refractivity contribution in [3.8, 4) is 0 Å². The molecule has 0 saturated carbocycles. The number of ether oxygens (including phenoxy) is 1. The number of amides is 1. The molecular weight excluding hydrogens is 382 g/mol. The Labute approximate surface area is 179 Å². The lowest BCUT2D eigenvalue weighted by Crippen LogP contribution is -2.45. The predicted octanol–water partition coefficient (Wildman–Crippen LogP) is 1.56. The molecule has 0 spiro atoms. The highest BCUT2D eigenvalue weighted by Gasteiger charge is 2.25. The van der Waals surface area contributed by atoms with Gasteiger partial charge in [-0.25, -0.2) is 9.78 Å². The monoisotopic (exact) mass is 417 g/mol. The summed E-state index contributed by atoms with van der Waals surface area (Å²) in [6.45, 7) is 12.2. The molecule has 3 N–H and O–H groups in total. The fraction of sp³-hybridized carbons (Fsp3) is 0.667. The quantitative estimate of drug-likeness (QED) is 0.568. The Morgan fingerprint density at radius 3 is 2.33 bits per heavy atom. The number of nitrogen functional groups attached to an aromatic ring is 1. The lowest BCUT2D eigenvalue weighted by atomic mass is 10.2. The van der Waals surface area contributed by atoms with Crippen LogP contribution >= 0.6 is 0 Å². The van der Waals surface area contributed by atoms with Crippen molar-refractivity contribution in [2.75, 3.05) is 69.2 Å². The zero-order valence-electron chi connectivity index (χ0n) is 18.6. The number of hydrogen-bond acceptors (Lipinski definition) is 7. The van der Waals surface area contributed by atoms with Crippen LogP contribution in [0.15, 0.2) is 12.1 Å². The molecule has 166 valence electrons. The van der Waals surface area contributed by atoms with Crippen molar-refractivity contribution >= 4 is 23.4 Å². The molecule has 1 aromatic heterocycles. The van der Waals surface area contributed by atoms with Gasteiger partial charge in [-0.1, -0.05) is 0 Å². The van der Waals surface area contributed by atoms with Crippen LogP contribution < -0.4 is 15.5 Å². The van der Waals surface area contributed by atoms with E-state index in [0.717, 1.165) is 50.6 Å². The molecule has 1 aromatic rings. The van der Waals surface area contributed by atoms with Crippen molar-refractivity contribution in [3.05, 3.63) is 17.8 Å². The van der Waals surface area contributed by atoms with Crippen molar-refractivity contribution in [1.29, 1.82) is 5.41 Å². The van der Waals surface area contributed by atoms with E-state index in [1.807, 2.05) is 26.8 Å². The smallest absolute Gasteiger partial charge is 0.410 e. The summed E-state index contributed by atoms with van der Waals surface area (Å²) in [5.41, 5.74) is 6.78. The highest BCUT2D eigenvalue weighted by Crippen LogP contribution is 2.25. The Morgan fingerprint density at radius 2 is 1.70 bits per heavy atom. The van der Waals surface area contributed by atoms with E-state index in [2.05, 4.69) is 32.8 Å². The highest BCUT2D eigenvalue weighted by molar-refractivity contribution is 5.94. The van der Waals surface area contributed by atoms with Crippen LogP contribution in [0.25, 0.3) is 0 Å². The number of nitrogens with one attached hydrogen (secondary N) is 1. The van der Waals surface area contributed by atoms with E-state index in [1.54, 1.807) is 4.90 Å². The minimum absolute atomic E-state index is 0.0302. The molecule has 1 amide bonds. The van der Waals surface area contributed by atoms with Gasteiger partial charge in [0.25, 0.3) is 0 Å². The molecule has 0 atom stereocenters. The minimum atomic E-state index is -0.498. The highest BCUT2D eigenvalue weighted by atomic mass is 16.6. The maximum Gasteiger partial charge on any atom is 0.410 e. The normalized spacial score (nSPS) is 18.9. The van der Waals surface area contributed by atoms with Crippen LogP contribution in [0.2, 0.25) is 0 Å². The summed E-state index contributed by atoms with van der Waals surface area (Å²) >= 11 is 0. The van der Waals surface area contributed by atoms with E-state index in [-0.39, 0.29) is 11.9 Å². The van der Waals surface area contributed by atoms with Crippen molar-refractivity contribution in [1.82, 2.24) is 14.8 Å². The van der Waals surface area contributed by atoms with Crippen LogP contribution in [0, 0.1) is 5.41 Å². The Hall–Kier alpha value is -2.55. The third kappa shape index (κ3) is 5.75. The number of nitrogens with zero attached hydrogens (tertiary/aromatic N) is 5. The predicted molar refractivity (Wildman–Crippen MR) is 120 cm³/mol. The van der Waals surface area contributed by atoms with Gasteiger partial charge in [0.1, 0.15) is 22.9 Å². The third-order valence-electron chi connectivity index (χ3n) is 5.41. The summed E-state index contributed by atoms with van der Waals surface area (Å²) in [4.78, 5) is 25.7. The summed E-state index contributed by atoms with van der Waals surface area (Å²) in [5, 5.41) is 7.90. The van der Waals surface area contributed by atoms with Gasteiger partial charge in [-0.15, -0.1) is 0 Å². The molecule has 2 aliphatic rings. The van der Waals surface area contributed by atoms with Crippen molar-refractivity contribution < 1.29 is 9.53 Å². The molecule has 2 saturated heterocycles. The summed E-state index contributed by atoms with van der Waals surface area (Å²) in [6, 6.07) is 3.96. The molecule has 0 aliphatic carbocycles. The van der Waals surface area contributed by atoms with Crippen LogP contribution in [-0.4, -0.2) is 91.7 Å².